The first kappa shape index (κ1) is 10.1. The molecule has 0 amide bonds. The minimum Gasteiger partial charge on any atom is -0.291 e. The van der Waals surface area contributed by atoms with Crippen LogP contribution in [0.25, 0.3) is 0 Å². The van der Waals surface area contributed by atoms with Crippen molar-refractivity contribution in [3.05, 3.63) is 0 Å². The molecule has 0 aliphatic rings. The number of nitriles is 1. The van der Waals surface area contributed by atoms with Crippen molar-refractivity contribution in [1.82, 2.24) is 0 Å². The van der Waals surface area contributed by atoms with Crippen LogP contribution in [-0.4, -0.2) is 16.9 Å². The van der Waals surface area contributed by atoms with Gasteiger partial charge in [0.2, 0.25) is 0 Å². The molecule has 0 N–H and O–H groups in total. The Morgan fingerprint density at radius 3 is 2.55 bits per heavy atom. The van der Waals surface area contributed by atoms with Gasteiger partial charge in [0.15, 0.2) is 11.6 Å². The summed E-state index contributed by atoms with van der Waals surface area (Å²) < 4.78 is 0. The molecular weight excluding hydrogens is 166 g/mol. The van der Waals surface area contributed by atoms with Gasteiger partial charge in [-0.3, -0.25) is 9.59 Å². The average Bonchev–Trinajstić information content (AvgIpc) is 1.99. The average molecular weight is 174 g/mol. The molecule has 0 aromatic heterocycles. The molecule has 0 spiro atoms. The van der Waals surface area contributed by atoms with E-state index >= 15 is 0 Å². The first-order chi connectivity index (χ1) is 5.07. The summed E-state index contributed by atoms with van der Waals surface area (Å²) in [5.74, 6) is -0.947. The van der Waals surface area contributed by atoms with E-state index in [2.05, 4.69) is 0 Å². The van der Waals surface area contributed by atoms with Gasteiger partial charge in [-0.2, -0.15) is 5.26 Å². The summed E-state index contributed by atoms with van der Waals surface area (Å²) in [6, 6.07) is 1.76. The molecule has 0 bridgehead atoms. The molecule has 0 aliphatic heterocycles. The fourth-order valence-electron chi connectivity index (χ4n) is 0.498. The maximum atomic E-state index is 10.6. The quantitative estimate of drug-likeness (QED) is 0.472. The van der Waals surface area contributed by atoms with Crippen LogP contribution in [-0.2, 0) is 9.59 Å². The minimum absolute atomic E-state index is 0.0665. The lowest BCUT2D eigenvalue weighted by molar-refractivity contribution is -0.135. The Labute approximate surface area is 69.9 Å². The maximum absolute atomic E-state index is 10.6. The number of ketones is 2. The highest BCUT2D eigenvalue weighted by molar-refractivity contribution is 6.36. The van der Waals surface area contributed by atoms with Crippen molar-refractivity contribution in [3.8, 4) is 6.07 Å². The molecule has 3 nitrogen and oxygen atoms in total. The summed E-state index contributed by atoms with van der Waals surface area (Å²) in [4.78, 5) is 21.0. The van der Waals surface area contributed by atoms with Crippen LogP contribution in [0.2, 0.25) is 0 Å². The molecular formula is C7H8ClNO2. The maximum Gasteiger partial charge on any atom is 0.198 e. The smallest absolute Gasteiger partial charge is 0.198 e. The first-order valence-corrected chi connectivity index (χ1v) is 3.59. The van der Waals surface area contributed by atoms with Gasteiger partial charge >= 0.3 is 0 Å². The van der Waals surface area contributed by atoms with Gasteiger partial charge < -0.3 is 0 Å². The predicted molar refractivity (Wildman–Crippen MR) is 40.2 cm³/mol. The van der Waals surface area contributed by atoms with Crippen LogP contribution in [0.4, 0.5) is 0 Å². The van der Waals surface area contributed by atoms with Gasteiger partial charge in [-0.25, -0.2) is 0 Å². The zero-order valence-corrected chi connectivity index (χ0v) is 6.89. The van der Waals surface area contributed by atoms with Crippen molar-refractivity contribution in [2.45, 2.75) is 25.1 Å². The number of Topliss-reactive ketones (excluding diaryl/α,β-unsaturated/α-hetero) is 2. The topological polar surface area (TPSA) is 57.9 Å². The van der Waals surface area contributed by atoms with E-state index in [-0.39, 0.29) is 12.8 Å². The number of alkyl halides is 1. The van der Waals surface area contributed by atoms with Crippen molar-refractivity contribution in [2.75, 3.05) is 0 Å². The molecule has 1 unspecified atom stereocenters. The van der Waals surface area contributed by atoms with Crippen LogP contribution in [0.15, 0.2) is 0 Å². The van der Waals surface area contributed by atoms with E-state index in [0.29, 0.717) is 0 Å². The van der Waals surface area contributed by atoms with Gasteiger partial charge in [0.05, 0.1) is 6.07 Å². The summed E-state index contributed by atoms with van der Waals surface area (Å²) >= 11 is 5.39. The van der Waals surface area contributed by atoms with Crippen molar-refractivity contribution in [1.29, 1.82) is 5.26 Å². The highest BCUT2D eigenvalue weighted by atomic mass is 35.5. The zero-order valence-electron chi connectivity index (χ0n) is 6.13. The standard InChI is InChI=1S/C7H8ClNO2/c1-5(10)7(11)3-2-6(8)4-9/h6H,2-3H2,1H3. The molecule has 1 atom stereocenters. The number of carbonyl (C=O) groups is 2. The van der Waals surface area contributed by atoms with Crippen LogP contribution in [0.5, 0.6) is 0 Å². The van der Waals surface area contributed by atoms with E-state index in [1.807, 2.05) is 0 Å². The fraction of sp³-hybridized carbons (Fsp3) is 0.571. The van der Waals surface area contributed by atoms with Gasteiger partial charge in [0.1, 0.15) is 5.38 Å². The summed E-state index contributed by atoms with van der Waals surface area (Å²) in [7, 11) is 0. The van der Waals surface area contributed by atoms with E-state index in [9.17, 15) is 9.59 Å². The number of rotatable bonds is 4. The highest BCUT2D eigenvalue weighted by Gasteiger charge is 2.10. The van der Waals surface area contributed by atoms with Crippen LogP contribution in [0.1, 0.15) is 19.8 Å². The van der Waals surface area contributed by atoms with Crippen LogP contribution < -0.4 is 0 Å². The lowest BCUT2D eigenvalue weighted by atomic mass is 10.1. The summed E-state index contributed by atoms with van der Waals surface area (Å²) in [6.45, 7) is 1.21. The molecule has 0 radical (unpaired) electrons. The number of hydrogen-bond acceptors (Lipinski definition) is 3. The molecule has 0 saturated heterocycles. The van der Waals surface area contributed by atoms with Crippen molar-refractivity contribution >= 4 is 23.2 Å². The van der Waals surface area contributed by atoms with Crippen molar-refractivity contribution in [2.24, 2.45) is 0 Å². The zero-order chi connectivity index (χ0) is 8.85. The summed E-state index contributed by atoms with van der Waals surface area (Å²) in [5.41, 5.74) is 0. The summed E-state index contributed by atoms with van der Waals surface area (Å²) in [6.07, 6.45) is 0.313. The number of hydrogen-bond donors (Lipinski definition) is 0. The van der Waals surface area contributed by atoms with Gasteiger partial charge in [0, 0.05) is 13.3 Å². The van der Waals surface area contributed by atoms with E-state index in [4.69, 9.17) is 16.9 Å². The molecule has 0 fully saturated rings. The molecule has 4 heteroatoms. The second-order valence-corrected chi connectivity index (χ2v) is 2.64. The van der Waals surface area contributed by atoms with Crippen molar-refractivity contribution in [3.63, 3.8) is 0 Å². The van der Waals surface area contributed by atoms with Crippen LogP contribution in [0.3, 0.4) is 0 Å². The largest absolute Gasteiger partial charge is 0.291 e. The Kier molecular flexibility index (Phi) is 4.47. The normalized spacial score (nSPS) is 11.7. The SMILES string of the molecule is CC(=O)C(=O)CCC(Cl)C#N. The number of halogens is 1. The molecule has 0 saturated carbocycles. The van der Waals surface area contributed by atoms with E-state index in [1.54, 1.807) is 6.07 Å². The Morgan fingerprint density at radius 2 is 2.18 bits per heavy atom. The van der Waals surface area contributed by atoms with Crippen LogP contribution in [0, 0.1) is 11.3 Å². The lowest BCUT2D eigenvalue weighted by Gasteiger charge is -1.95. The first-order valence-electron chi connectivity index (χ1n) is 3.15. The molecule has 0 aliphatic carbocycles. The van der Waals surface area contributed by atoms with Gasteiger partial charge in [-0.05, 0) is 6.42 Å². The minimum atomic E-state index is -0.668. The monoisotopic (exact) mass is 173 g/mol. The van der Waals surface area contributed by atoms with Gasteiger partial charge in [-0.15, -0.1) is 11.6 Å². The van der Waals surface area contributed by atoms with Crippen LogP contribution >= 0.6 is 11.6 Å². The van der Waals surface area contributed by atoms with Crippen molar-refractivity contribution < 1.29 is 9.59 Å². The predicted octanol–water partition coefficient (Wildman–Crippen LogP) is 1.06. The number of carbonyl (C=O) groups excluding carboxylic acids is 2. The van der Waals surface area contributed by atoms with E-state index < -0.39 is 16.9 Å². The third-order valence-electron chi connectivity index (χ3n) is 1.16. The highest BCUT2D eigenvalue weighted by Crippen LogP contribution is 2.04. The number of nitrogens with zero attached hydrogens (tertiary/aromatic N) is 1. The Bertz CT molecular complexity index is 207. The molecule has 60 valence electrons. The Hall–Kier alpha value is -0.880. The van der Waals surface area contributed by atoms with Gasteiger partial charge in [0.25, 0.3) is 0 Å². The molecule has 0 heterocycles. The second kappa shape index (κ2) is 4.86. The van der Waals surface area contributed by atoms with E-state index in [1.165, 1.54) is 6.92 Å². The third-order valence-corrected chi connectivity index (χ3v) is 1.47. The lowest BCUT2D eigenvalue weighted by Crippen LogP contribution is -2.10. The Morgan fingerprint density at radius 1 is 1.64 bits per heavy atom. The molecule has 0 rings (SSSR count). The molecule has 11 heavy (non-hydrogen) atoms. The molecule has 0 aromatic carbocycles. The second-order valence-electron chi connectivity index (χ2n) is 2.11. The van der Waals surface area contributed by atoms with Gasteiger partial charge in [-0.1, -0.05) is 0 Å². The van der Waals surface area contributed by atoms with E-state index in [0.717, 1.165) is 0 Å². The fourth-order valence-corrected chi connectivity index (χ4v) is 0.608. The Balaban J connectivity index is 3.65. The molecule has 0 aromatic rings. The third kappa shape index (κ3) is 4.51. The summed E-state index contributed by atoms with van der Waals surface area (Å²) in [5, 5.41) is 7.54.